The van der Waals surface area contributed by atoms with E-state index in [0.29, 0.717) is 0 Å². The van der Waals surface area contributed by atoms with Crippen LogP contribution >= 0.6 is 23.6 Å². The first-order valence-corrected chi connectivity index (χ1v) is 13.1. The molecule has 0 spiro atoms. The lowest BCUT2D eigenvalue weighted by atomic mass is 10.0. The molecule has 0 N–H and O–H groups in total. The zero-order chi connectivity index (χ0) is 19.9. The lowest BCUT2D eigenvalue weighted by Crippen LogP contribution is -1.97. The number of aryl methyl sites for hydroxylation is 1. The smallest absolute Gasteiger partial charge is 0.162 e. The average Bonchev–Trinajstić information content (AvgIpc) is 3.03. The molecule has 0 fully saturated rings. The zero-order valence-corrected chi connectivity index (χ0v) is 19.7. The van der Waals surface area contributed by atoms with Crippen LogP contribution in [0.25, 0.3) is 10.2 Å². The first-order chi connectivity index (χ1) is 13.8. The second-order valence-corrected chi connectivity index (χ2v) is 9.97. The molecule has 0 aliphatic rings. The number of nitrogens with zero attached hydrogens (tertiary/aromatic N) is 1. The van der Waals surface area contributed by atoms with Gasteiger partial charge in [0.2, 0.25) is 0 Å². The summed E-state index contributed by atoms with van der Waals surface area (Å²) in [5.74, 6) is 0. The molecule has 1 heterocycles. The van der Waals surface area contributed by atoms with E-state index in [1.54, 1.807) is 11.3 Å². The molecule has 0 aliphatic carbocycles. The Kier molecular flexibility index (Phi) is 12.8. The zero-order valence-electron chi connectivity index (χ0n) is 18.1. The quantitative estimate of drug-likeness (QED) is 0.182. The summed E-state index contributed by atoms with van der Waals surface area (Å²) < 4.78 is 4.69. The molecule has 3 heteroatoms. The number of aromatic nitrogens is 1. The van der Waals surface area contributed by atoms with Crippen molar-refractivity contribution in [3.8, 4) is 0 Å². The molecule has 0 amide bonds. The molecule has 0 aliphatic heterocycles. The molecule has 1 aromatic carbocycles. The number of para-hydroxylation sites is 1. The molecule has 0 atom stereocenters. The molecular weight excluding hydrogens is 378 g/mol. The number of benzene rings is 1. The highest BCUT2D eigenvalue weighted by molar-refractivity contribution is 7.73. The molecule has 0 unspecified atom stereocenters. The van der Waals surface area contributed by atoms with Crippen LogP contribution in [0.4, 0.5) is 0 Å². The SMILES string of the molecule is CCCCCCCCCCCCCCCCCCn1c(=S)sc2ccccc21. The molecule has 1 aromatic heterocycles. The van der Waals surface area contributed by atoms with Crippen molar-refractivity contribution >= 4 is 33.8 Å². The third-order valence-electron chi connectivity index (χ3n) is 5.81. The van der Waals surface area contributed by atoms with Gasteiger partial charge >= 0.3 is 0 Å². The Hall–Kier alpha value is -0.670. The van der Waals surface area contributed by atoms with E-state index in [1.807, 2.05) is 0 Å². The average molecular weight is 420 g/mol. The molecule has 0 bridgehead atoms. The van der Waals surface area contributed by atoms with E-state index in [-0.39, 0.29) is 0 Å². The van der Waals surface area contributed by atoms with Gasteiger partial charge in [-0.3, -0.25) is 0 Å². The third kappa shape index (κ3) is 9.22. The first kappa shape index (κ1) is 23.6. The molecule has 0 saturated carbocycles. The maximum Gasteiger partial charge on any atom is 0.162 e. The van der Waals surface area contributed by atoms with Crippen molar-refractivity contribution in [3.63, 3.8) is 0 Å². The van der Waals surface area contributed by atoms with Crippen LogP contribution < -0.4 is 0 Å². The molecule has 1 nitrogen and oxygen atoms in total. The van der Waals surface area contributed by atoms with Crippen LogP contribution in [0.1, 0.15) is 110 Å². The van der Waals surface area contributed by atoms with Crippen LogP contribution in [0.5, 0.6) is 0 Å². The second kappa shape index (κ2) is 15.2. The topological polar surface area (TPSA) is 4.93 Å². The van der Waals surface area contributed by atoms with Crippen LogP contribution in [0, 0.1) is 3.95 Å². The standard InChI is InChI=1S/C25H41NS2/c1-2-3-4-5-6-7-8-9-10-11-12-13-14-15-16-19-22-26-23-20-17-18-21-24(23)28-25(26)27/h17-18,20-21H,2-16,19,22H2,1H3. The number of thiazole rings is 1. The molecular formula is C25H41NS2. The fraction of sp³-hybridized carbons (Fsp3) is 0.720. The first-order valence-electron chi connectivity index (χ1n) is 11.9. The summed E-state index contributed by atoms with van der Waals surface area (Å²) in [6.07, 6.45) is 22.7. The summed E-state index contributed by atoms with van der Waals surface area (Å²) in [4.78, 5) is 0. The van der Waals surface area contributed by atoms with Gasteiger partial charge < -0.3 is 4.57 Å². The Morgan fingerprint density at radius 3 is 1.68 bits per heavy atom. The summed E-state index contributed by atoms with van der Waals surface area (Å²) in [5.41, 5.74) is 1.32. The fourth-order valence-electron chi connectivity index (χ4n) is 4.04. The molecule has 0 radical (unpaired) electrons. The van der Waals surface area contributed by atoms with Gasteiger partial charge in [0.05, 0.1) is 10.2 Å². The lowest BCUT2D eigenvalue weighted by Gasteiger charge is -2.05. The van der Waals surface area contributed by atoms with Crippen LogP contribution in [0.3, 0.4) is 0 Å². The van der Waals surface area contributed by atoms with E-state index in [1.165, 1.54) is 113 Å². The van der Waals surface area contributed by atoms with Gasteiger partial charge in [0, 0.05) is 6.54 Å². The van der Waals surface area contributed by atoms with Gasteiger partial charge in [-0.25, -0.2) is 0 Å². The highest BCUT2D eigenvalue weighted by Gasteiger charge is 2.03. The van der Waals surface area contributed by atoms with Gasteiger partial charge in [0.1, 0.15) is 0 Å². The van der Waals surface area contributed by atoms with Crippen molar-refractivity contribution < 1.29 is 0 Å². The van der Waals surface area contributed by atoms with Crippen LogP contribution in [0.15, 0.2) is 24.3 Å². The molecule has 2 rings (SSSR count). The minimum atomic E-state index is 1.03. The van der Waals surface area contributed by atoms with Gasteiger partial charge in [-0.2, -0.15) is 0 Å². The molecule has 2 aromatic rings. The van der Waals surface area contributed by atoms with Crippen molar-refractivity contribution in [2.45, 2.75) is 116 Å². The van der Waals surface area contributed by atoms with E-state index in [0.717, 1.165) is 10.5 Å². The van der Waals surface area contributed by atoms with Crippen molar-refractivity contribution in [2.75, 3.05) is 0 Å². The van der Waals surface area contributed by atoms with Crippen molar-refractivity contribution in [3.05, 3.63) is 28.2 Å². The van der Waals surface area contributed by atoms with E-state index in [4.69, 9.17) is 12.2 Å². The van der Waals surface area contributed by atoms with Crippen molar-refractivity contribution in [2.24, 2.45) is 0 Å². The summed E-state index contributed by atoms with van der Waals surface area (Å²) in [7, 11) is 0. The third-order valence-corrected chi connectivity index (χ3v) is 7.24. The highest BCUT2D eigenvalue weighted by atomic mass is 32.1. The maximum atomic E-state index is 5.54. The molecule has 0 saturated heterocycles. The van der Waals surface area contributed by atoms with Gasteiger partial charge in [-0.1, -0.05) is 115 Å². The predicted octanol–water partition coefficient (Wildman–Crippen LogP) is 9.69. The van der Waals surface area contributed by atoms with Crippen molar-refractivity contribution in [1.29, 1.82) is 0 Å². The minimum Gasteiger partial charge on any atom is -0.323 e. The molecule has 28 heavy (non-hydrogen) atoms. The number of rotatable bonds is 17. The fourth-order valence-corrected chi connectivity index (χ4v) is 5.42. The summed E-state index contributed by atoms with van der Waals surface area (Å²) in [5, 5.41) is 0. The number of hydrogen-bond donors (Lipinski definition) is 0. The normalized spacial score (nSPS) is 11.5. The Bertz CT molecular complexity index is 685. The summed E-state index contributed by atoms with van der Waals surface area (Å²) in [6, 6.07) is 8.61. The van der Waals surface area contributed by atoms with Gasteiger partial charge in [-0.15, -0.1) is 11.3 Å². The second-order valence-electron chi connectivity index (χ2n) is 8.29. The number of hydrogen-bond acceptors (Lipinski definition) is 2. The highest BCUT2D eigenvalue weighted by Crippen LogP contribution is 2.23. The van der Waals surface area contributed by atoms with Gasteiger partial charge in [-0.05, 0) is 30.8 Å². The Labute approximate surface area is 182 Å². The van der Waals surface area contributed by atoms with Crippen LogP contribution in [-0.2, 0) is 6.54 Å². The number of unbranched alkanes of at least 4 members (excludes halogenated alkanes) is 15. The number of fused-ring (bicyclic) bond motifs is 1. The maximum absolute atomic E-state index is 5.54. The molecule has 158 valence electrons. The Morgan fingerprint density at radius 2 is 1.14 bits per heavy atom. The predicted molar refractivity (Wildman–Crippen MR) is 130 cm³/mol. The summed E-state index contributed by atoms with van der Waals surface area (Å²) >= 11 is 7.29. The van der Waals surface area contributed by atoms with Gasteiger partial charge in [0.15, 0.2) is 3.95 Å². The lowest BCUT2D eigenvalue weighted by molar-refractivity contribution is 0.522. The van der Waals surface area contributed by atoms with Gasteiger partial charge in [0.25, 0.3) is 0 Å². The van der Waals surface area contributed by atoms with Crippen LogP contribution in [-0.4, -0.2) is 4.57 Å². The largest absolute Gasteiger partial charge is 0.323 e. The van der Waals surface area contributed by atoms with Crippen LogP contribution in [0.2, 0.25) is 0 Å². The van der Waals surface area contributed by atoms with E-state index in [9.17, 15) is 0 Å². The van der Waals surface area contributed by atoms with E-state index in [2.05, 4.69) is 35.8 Å². The van der Waals surface area contributed by atoms with Crippen molar-refractivity contribution in [1.82, 2.24) is 4.57 Å². The monoisotopic (exact) mass is 419 g/mol. The minimum absolute atomic E-state index is 1.03. The summed E-state index contributed by atoms with van der Waals surface area (Å²) in [6.45, 7) is 3.38. The Morgan fingerprint density at radius 1 is 0.679 bits per heavy atom. The van der Waals surface area contributed by atoms with E-state index >= 15 is 0 Å². The van der Waals surface area contributed by atoms with E-state index < -0.39 is 0 Å². The Balaban J connectivity index is 1.38.